The largest absolute Gasteiger partial charge is 0.389 e. The highest BCUT2D eigenvalue weighted by molar-refractivity contribution is 7.99. The molecule has 2 saturated heterocycles. The van der Waals surface area contributed by atoms with Gasteiger partial charge in [-0.3, -0.25) is 0 Å². The minimum Gasteiger partial charge on any atom is -0.389 e. The predicted octanol–water partition coefficient (Wildman–Crippen LogP) is -3.19. The van der Waals surface area contributed by atoms with Crippen LogP contribution in [-0.4, -0.2) is 140 Å². The lowest BCUT2D eigenvalue weighted by atomic mass is 9.84. The molecule has 3 fully saturated rings. The standard InChI is InChI=1S/C26H52N4O10S/c1-2-3-4-5-6-7-8-41-11-15-17(31)16(30)19(33)25(38-15)39-23-12(28)9-13(29)24(22(23)36)40-26-21(35)20(34)18(32)14(10-27)37-26/h12-26,31-36H,2-11,27-30H2,1H3/t12-,13+,14-,15-,16+,17-,18-,19-,20+,21-,22-,23+,24-,25-,26-/m1/s1. The third-order valence-corrected chi connectivity index (χ3v) is 9.37. The van der Waals surface area contributed by atoms with E-state index in [-0.39, 0.29) is 13.0 Å². The minimum atomic E-state index is -1.64. The Hall–Kier alpha value is -0.210. The van der Waals surface area contributed by atoms with Gasteiger partial charge in [-0.15, -0.1) is 0 Å². The average molecular weight is 613 g/mol. The smallest absolute Gasteiger partial charge is 0.187 e. The molecule has 0 spiro atoms. The van der Waals surface area contributed by atoms with Crippen molar-refractivity contribution in [2.45, 2.75) is 144 Å². The summed E-state index contributed by atoms with van der Waals surface area (Å²) in [4.78, 5) is 0. The maximum Gasteiger partial charge on any atom is 0.187 e. The van der Waals surface area contributed by atoms with E-state index in [2.05, 4.69) is 6.92 Å². The summed E-state index contributed by atoms with van der Waals surface area (Å²) in [6.07, 6.45) is -8.16. The van der Waals surface area contributed by atoms with Crippen LogP contribution in [0.4, 0.5) is 0 Å². The van der Waals surface area contributed by atoms with Gasteiger partial charge in [0, 0.05) is 24.4 Å². The number of hydrogen-bond acceptors (Lipinski definition) is 15. The molecule has 242 valence electrons. The SMILES string of the molecule is CCCCCCCCSC[C@H]1O[C@H](O[C@@H]2[C@@H](O)[C@H](O[C@H]3O[C@H](CN)[C@@H](O)[C@H](O)[C@H]3O)[C@@H](N)C[C@H]2N)[C@H](O)[C@@H](N)[C@@H]1O. The van der Waals surface area contributed by atoms with Crippen LogP contribution in [0.15, 0.2) is 0 Å². The van der Waals surface area contributed by atoms with Gasteiger partial charge in [0.1, 0.15) is 48.8 Å². The van der Waals surface area contributed by atoms with Crippen LogP contribution in [0.5, 0.6) is 0 Å². The van der Waals surface area contributed by atoms with Crippen molar-refractivity contribution in [3.05, 3.63) is 0 Å². The fraction of sp³-hybridized carbons (Fsp3) is 1.00. The summed E-state index contributed by atoms with van der Waals surface area (Å²) in [6.45, 7) is 2.03. The zero-order valence-corrected chi connectivity index (χ0v) is 24.6. The third-order valence-electron chi connectivity index (χ3n) is 8.23. The lowest BCUT2D eigenvalue weighted by molar-refractivity contribution is -0.330. The van der Waals surface area contributed by atoms with E-state index in [9.17, 15) is 30.6 Å². The van der Waals surface area contributed by atoms with Gasteiger partial charge in [0.2, 0.25) is 0 Å². The topological polar surface area (TPSA) is 262 Å². The van der Waals surface area contributed by atoms with Gasteiger partial charge in [-0.2, -0.15) is 11.8 Å². The Bertz CT molecular complexity index is 763. The molecule has 0 aromatic carbocycles. The van der Waals surface area contributed by atoms with Gasteiger partial charge in [-0.25, -0.2) is 0 Å². The molecule has 3 aliphatic rings. The number of aliphatic hydroxyl groups is 6. The van der Waals surface area contributed by atoms with Gasteiger partial charge in [-0.05, 0) is 18.6 Å². The van der Waals surface area contributed by atoms with Gasteiger partial charge < -0.3 is 72.5 Å². The number of ether oxygens (including phenoxy) is 4. The van der Waals surface area contributed by atoms with Crippen LogP contribution in [-0.2, 0) is 18.9 Å². The Kier molecular flexibility index (Phi) is 14.4. The fourth-order valence-corrected chi connectivity index (χ4v) is 6.65. The summed E-state index contributed by atoms with van der Waals surface area (Å²) < 4.78 is 23.2. The van der Waals surface area contributed by atoms with Crippen molar-refractivity contribution in [3.8, 4) is 0 Å². The molecular weight excluding hydrogens is 560 g/mol. The third kappa shape index (κ3) is 8.93. The van der Waals surface area contributed by atoms with E-state index in [0.29, 0.717) is 5.75 Å². The van der Waals surface area contributed by atoms with Crippen LogP contribution in [0.25, 0.3) is 0 Å². The predicted molar refractivity (Wildman–Crippen MR) is 151 cm³/mol. The molecule has 0 aromatic heterocycles. The molecule has 15 heteroatoms. The first-order valence-electron chi connectivity index (χ1n) is 14.8. The molecule has 14 N–H and O–H groups in total. The lowest BCUT2D eigenvalue weighted by Crippen LogP contribution is -2.68. The van der Waals surface area contributed by atoms with Crippen molar-refractivity contribution in [1.29, 1.82) is 0 Å². The second-order valence-corrected chi connectivity index (χ2v) is 12.6. The van der Waals surface area contributed by atoms with Crippen molar-refractivity contribution in [2.75, 3.05) is 18.1 Å². The molecule has 0 radical (unpaired) electrons. The molecule has 2 aliphatic heterocycles. The molecule has 41 heavy (non-hydrogen) atoms. The Morgan fingerprint density at radius 2 is 1.24 bits per heavy atom. The molecule has 1 saturated carbocycles. The fourth-order valence-electron chi connectivity index (χ4n) is 5.57. The first-order valence-corrected chi connectivity index (χ1v) is 15.9. The molecule has 0 aromatic rings. The van der Waals surface area contributed by atoms with E-state index >= 15 is 0 Å². The van der Waals surface area contributed by atoms with E-state index in [4.69, 9.17) is 41.9 Å². The quantitative estimate of drug-likeness (QED) is 0.0866. The van der Waals surface area contributed by atoms with E-state index in [1.165, 1.54) is 25.7 Å². The van der Waals surface area contributed by atoms with Crippen LogP contribution in [0.3, 0.4) is 0 Å². The van der Waals surface area contributed by atoms with Gasteiger partial charge in [-0.1, -0.05) is 39.0 Å². The summed E-state index contributed by atoms with van der Waals surface area (Å²) >= 11 is 1.63. The highest BCUT2D eigenvalue weighted by Gasteiger charge is 2.51. The molecule has 3 rings (SSSR count). The number of unbranched alkanes of at least 4 members (excludes halogenated alkanes) is 5. The van der Waals surface area contributed by atoms with Crippen molar-refractivity contribution in [1.82, 2.24) is 0 Å². The first kappa shape index (κ1) is 35.3. The summed E-state index contributed by atoms with van der Waals surface area (Å²) in [7, 11) is 0. The summed E-state index contributed by atoms with van der Waals surface area (Å²) in [5, 5.41) is 63.2. The Morgan fingerprint density at radius 1 is 0.683 bits per heavy atom. The van der Waals surface area contributed by atoms with Crippen LogP contribution in [0, 0.1) is 0 Å². The second kappa shape index (κ2) is 16.7. The van der Waals surface area contributed by atoms with Crippen LogP contribution in [0.2, 0.25) is 0 Å². The van der Waals surface area contributed by atoms with Gasteiger partial charge in [0.05, 0.1) is 18.2 Å². The zero-order valence-electron chi connectivity index (χ0n) is 23.8. The molecule has 0 bridgehead atoms. The van der Waals surface area contributed by atoms with Crippen molar-refractivity contribution in [2.24, 2.45) is 22.9 Å². The minimum absolute atomic E-state index is 0.135. The van der Waals surface area contributed by atoms with Crippen molar-refractivity contribution >= 4 is 11.8 Å². The van der Waals surface area contributed by atoms with Crippen LogP contribution in [0.1, 0.15) is 51.9 Å². The van der Waals surface area contributed by atoms with Crippen molar-refractivity contribution < 1.29 is 49.6 Å². The number of nitrogens with two attached hydrogens (primary N) is 4. The highest BCUT2D eigenvalue weighted by atomic mass is 32.2. The summed E-state index contributed by atoms with van der Waals surface area (Å²) in [5.74, 6) is 1.34. The second-order valence-electron chi connectivity index (χ2n) is 11.4. The Balaban J connectivity index is 1.59. The molecule has 0 unspecified atom stereocenters. The summed E-state index contributed by atoms with van der Waals surface area (Å²) in [6, 6.07) is -2.63. The van der Waals surface area contributed by atoms with Gasteiger partial charge in [0.15, 0.2) is 12.6 Å². The van der Waals surface area contributed by atoms with Gasteiger partial charge >= 0.3 is 0 Å². The molecule has 1 aliphatic carbocycles. The Morgan fingerprint density at radius 3 is 1.85 bits per heavy atom. The monoisotopic (exact) mass is 612 g/mol. The van der Waals surface area contributed by atoms with Crippen LogP contribution >= 0.6 is 11.8 Å². The summed E-state index contributed by atoms with van der Waals surface area (Å²) in [5.41, 5.74) is 24.2. The zero-order chi connectivity index (χ0) is 30.3. The number of aliphatic hydroxyl groups excluding tert-OH is 6. The number of rotatable bonds is 14. The van der Waals surface area contributed by atoms with Crippen LogP contribution < -0.4 is 22.9 Å². The lowest BCUT2D eigenvalue weighted by Gasteiger charge is -2.48. The molecule has 15 atom stereocenters. The molecule has 14 nitrogen and oxygen atoms in total. The van der Waals surface area contributed by atoms with E-state index in [1.807, 2.05) is 0 Å². The van der Waals surface area contributed by atoms with Gasteiger partial charge in [0.25, 0.3) is 0 Å². The van der Waals surface area contributed by atoms with E-state index in [1.54, 1.807) is 11.8 Å². The molecule has 2 heterocycles. The first-order chi connectivity index (χ1) is 19.5. The molecular formula is C26H52N4O10S. The maximum absolute atomic E-state index is 11.2. The molecule has 0 amide bonds. The number of thioether (sulfide) groups is 1. The average Bonchev–Trinajstić information content (AvgIpc) is 2.95. The van der Waals surface area contributed by atoms with E-state index < -0.39 is 91.7 Å². The van der Waals surface area contributed by atoms with E-state index in [0.717, 1.165) is 18.6 Å². The normalized spacial score (nSPS) is 45.6. The van der Waals surface area contributed by atoms with Crippen molar-refractivity contribution in [3.63, 3.8) is 0 Å². The highest BCUT2D eigenvalue weighted by Crippen LogP contribution is 2.32. The Labute approximate surface area is 246 Å². The number of hydrogen-bond donors (Lipinski definition) is 10. The maximum atomic E-state index is 11.2.